The van der Waals surface area contributed by atoms with Gasteiger partial charge in [0.25, 0.3) is 0 Å². The molecule has 15 heavy (non-hydrogen) atoms. The van der Waals surface area contributed by atoms with Crippen molar-refractivity contribution in [1.82, 2.24) is 4.57 Å². The zero-order valence-corrected chi connectivity index (χ0v) is 11.4. The summed E-state index contributed by atoms with van der Waals surface area (Å²) in [5, 5.41) is 0. The van der Waals surface area contributed by atoms with Crippen molar-refractivity contribution in [2.45, 2.75) is 20.8 Å². The number of benzene rings is 1. The standard InChI is InChI=1S/C13H14IN/c1-9-8-12(6-7-13(9)14)15-10(2)4-5-11(15)3/h4-8H,1-3H3. The molecular weight excluding hydrogens is 297 g/mol. The third-order valence-corrected chi connectivity index (χ3v) is 3.88. The summed E-state index contributed by atoms with van der Waals surface area (Å²) < 4.78 is 3.60. The molecule has 0 radical (unpaired) electrons. The van der Waals surface area contributed by atoms with Crippen LogP contribution in [0.15, 0.2) is 30.3 Å². The molecule has 0 unspecified atom stereocenters. The van der Waals surface area contributed by atoms with Crippen LogP contribution in [0.2, 0.25) is 0 Å². The van der Waals surface area contributed by atoms with Gasteiger partial charge in [0, 0.05) is 20.6 Å². The highest BCUT2D eigenvalue weighted by Gasteiger charge is 2.04. The first kappa shape index (κ1) is 10.7. The molecule has 1 heterocycles. The Morgan fingerprint density at radius 1 is 0.933 bits per heavy atom. The Kier molecular flexibility index (Phi) is 2.87. The number of halogens is 1. The van der Waals surface area contributed by atoms with Crippen LogP contribution in [0.3, 0.4) is 0 Å². The Morgan fingerprint density at radius 3 is 2.07 bits per heavy atom. The molecule has 0 aliphatic carbocycles. The molecule has 0 spiro atoms. The lowest BCUT2D eigenvalue weighted by Crippen LogP contribution is -1.99. The fraction of sp³-hybridized carbons (Fsp3) is 0.231. The second kappa shape index (κ2) is 4.00. The lowest BCUT2D eigenvalue weighted by molar-refractivity contribution is 0.963. The molecule has 0 N–H and O–H groups in total. The monoisotopic (exact) mass is 311 g/mol. The number of nitrogens with zero attached hydrogens (tertiary/aromatic N) is 1. The molecule has 78 valence electrons. The Morgan fingerprint density at radius 2 is 1.53 bits per heavy atom. The minimum absolute atomic E-state index is 1.26. The average Bonchev–Trinajstić information content (AvgIpc) is 2.52. The minimum Gasteiger partial charge on any atom is -0.319 e. The van der Waals surface area contributed by atoms with Crippen molar-refractivity contribution in [1.29, 1.82) is 0 Å². The van der Waals surface area contributed by atoms with E-state index in [1.165, 1.54) is 26.2 Å². The second-order valence-corrected chi connectivity index (χ2v) is 5.05. The van der Waals surface area contributed by atoms with E-state index in [0.29, 0.717) is 0 Å². The van der Waals surface area contributed by atoms with E-state index in [0.717, 1.165) is 0 Å². The molecular formula is C13H14IN. The Hall–Kier alpha value is -0.770. The van der Waals surface area contributed by atoms with Crippen molar-refractivity contribution in [3.63, 3.8) is 0 Å². The summed E-state index contributed by atoms with van der Waals surface area (Å²) in [6, 6.07) is 10.9. The molecule has 0 aliphatic heterocycles. The van der Waals surface area contributed by atoms with Crippen LogP contribution in [0.4, 0.5) is 0 Å². The minimum atomic E-state index is 1.26. The van der Waals surface area contributed by atoms with Gasteiger partial charge in [0.15, 0.2) is 0 Å². The third kappa shape index (κ3) is 1.95. The van der Waals surface area contributed by atoms with Gasteiger partial charge in [0.05, 0.1) is 0 Å². The van der Waals surface area contributed by atoms with Crippen LogP contribution in [0.25, 0.3) is 5.69 Å². The predicted octanol–water partition coefficient (Wildman–Crippen LogP) is 4.01. The van der Waals surface area contributed by atoms with E-state index in [-0.39, 0.29) is 0 Å². The van der Waals surface area contributed by atoms with Gasteiger partial charge in [-0.15, -0.1) is 0 Å². The molecule has 1 aromatic heterocycles. The molecule has 2 aromatic rings. The van der Waals surface area contributed by atoms with Crippen molar-refractivity contribution in [3.05, 3.63) is 50.9 Å². The second-order valence-electron chi connectivity index (χ2n) is 3.88. The Bertz CT molecular complexity index is 478. The highest BCUT2D eigenvalue weighted by Crippen LogP contribution is 2.20. The number of hydrogen-bond donors (Lipinski definition) is 0. The van der Waals surface area contributed by atoms with E-state index in [4.69, 9.17) is 0 Å². The molecule has 0 fully saturated rings. The van der Waals surface area contributed by atoms with Gasteiger partial charge in [-0.25, -0.2) is 0 Å². The molecule has 2 heteroatoms. The number of aryl methyl sites for hydroxylation is 3. The number of rotatable bonds is 1. The highest BCUT2D eigenvalue weighted by atomic mass is 127. The topological polar surface area (TPSA) is 4.93 Å². The molecule has 0 amide bonds. The van der Waals surface area contributed by atoms with Crippen molar-refractivity contribution in [3.8, 4) is 5.69 Å². The number of aromatic nitrogens is 1. The lowest BCUT2D eigenvalue weighted by atomic mass is 10.2. The molecule has 0 bridgehead atoms. The molecule has 1 nitrogen and oxygen atoms in total. The third-order valence-electron chi connectivity index (χ3n) is 2.67. The maximum Gasteiger partial charge on any atom is 0.0458 e. The van der Waals surface area contributed by atoms with Crippen LogP contribution in [-0.4, -0.2) is 4.57 Å². The molecule has 1 aromatic carbocycles. The summed E-state index contributed by atoms with van der Waals surface area (Å²) in [4.78, 5) is 0. The van der Waals surface area contributed by atoms with Crippen LogP contribution in [0, 0.1) is 24.3 Å². The summed E-state index contributed by atoms with van der Waals surface area (Å²) in [6.07, 6.45) is 0. The van der Waals surface area contributed by atoms with E-state index in [1.54, 1.807) is 0 Å². The fourth-order valence-corrected chi connectivity index (χ4v) is 2.18. The SMILES string of the molecule is Cc1cc(-n2c(C)ccc2C)ccc1I. The number of hydrogen-bond acceptors (Lipinski definition) is 0. The zero-order chi connectivity index (χ0) is 11.0. The fourth-order valence-electron chi connectivity index (χ4n) is 1.84. The summed E-state index contributed by atoms with van der Waals surface area (Å²) in [5.74, 6) is 0. The predicted molar refractivity (Wildman–Crippen MR) is 72.7 cm³/mol. The van der Waals surface area contributed by atoms with E-state index in [9.17, 15) is 0 Å². The molecule has 0 saturated heterocycles. The van der Waals surface area contributed by atoms with E-state index < -0.39 is 0 Å². The van der Waals surface area contributed by atoms with Gasteiger partial charge in [-0.2, -0.15) is 0 Å². The first-order valence-electron chi connectivity index (χ1n) is 5.01. The molecule has 0 saturated carbocycles. The van der Waals surface area contributed by atoms with E-state index in [2.05, 4.69) is 78.3 Å². The van der Waals surface area contributed by atoms with Crippen molar-refractivity contribution in [2.24, 2.45) is 0 Å². The van der Waals surface area contributed by atoms with Crippen LogP contribution in [0.1, 0.15) is 17.0 Å². The lowest BCUT2D eigenvalue weighted by Gasteiger charge is -2.10. The van der Waals surface area contributed by atoms with E-state index >= 15 is 0 Å². The first-order chi connectivity index (χ1) is 7.09. The average molecular weight is 311 g/mol. The maximum atomic E-state index is 2.37. The summed E-state index contributed by atoms with van der Waals surface area (Å²) >= 11 is 2.37. The largest absolute Gasteiger partial charge is 0.319 e. The van der Waals surface area contributed by atoms with Crippen LogP contribution in [0.5, 0.6) is 0 Å². The summed E-state index contributed by atoms with van der Waals surface area (Å²) in [7, 11) is 0. The first-order valence-corrected chi connectivity index (χ1v) is 6.09. The van der Waals surface area contributed by atoms with Crippen LogP contribution < -0.4 is 0 Å². The highest BCUT2D eigenvalue weighted by molar-refractivity contribution is 14.1. The van der Waals surface area contributed by atoms with Gasteiger partial charge in [-0.1, -0.05) is 0 Å². The van der Waals surface area contributed by atoms with E-state index in [1.807, 2.05) is 0 Å². The quantitative estimate of drug-likeness (QED) is 0.701. The normalized spacial score (nSPS) is 10.7. The molecule has 0 aliphatic rings. The smallest absolute Gasteiger partial charge is 0.0458 e. The van der Waals surface area contributed by atoms with Gasteiger partial charge in [0.2, 0.25) is 0 Å². The van der Waals surface area contributed by atoms with Crippen molar-refractivity contribution in [2.75, 3.05) is 0 Å². The van der Waals surface area contributed by atoms with Crippen LogP contribution in [-0.2, 0) is 0 Å². The molecule has 2 rings (SSSR count). The summed E-state index contributed by atoms with van der Waals surface area (Å²) in [6.45, 7) is 6.43. The molecule has 0 atom stereocenters. The van der Waals surface area contributed by atoms with Crippen molar-refractivity contribution >= 4 is 22.6 Å². The maximum absolute atomic E-state index is 2.37. The Balaban J connectivity index is 2.59. The Labute approximate surface area is 104 Å². The van der Waals surface area contributed by atoms with Crippen LogP contribution >= 0.6 is 22.6 Å². The zero-order valence-electron chi connectivity index (χ0n) is 9.21. The van der Waals surface area contributed by atoms with Gasteiger partial charge in [-0.3, -0.25) is 0 Å². The van der Waals surface area contributed by atoms with Gasteiger partial charge >= 0.3 is 0 Å². The summed E-state index contributed by atoms with van der Waals surface area (Å²) in [5.41, 5.74) is 5.16. The van der Waals surface area contributed by atoms with Gasteiger partial charge in [0.1, 0.15) is 0 Å². The van der Waals surface area contributed by atoms with Crippen molar-refractivity contribution < 1.29 is 0 Å². The van der Waals surface area contributed by atoms with Gasteiger partial charge < -0.3 is 4.57 Å². The van der Waals surface area contributed by atoms with Gasteiger partial charge in [-0.05, 0) is 79.3 Å².